The monoisotopic (exact) mass is 339 g/mol. The van der Waals surface area contributed by atoms with Crippen molar-refractivity contribution < 1.29 is 14.3 Å². The third-order valence-electron chi connectivity index (χ3n) is 3.54. The molecule has 0 atom stereocenters. The minimum atomic E-state index is -0.311. The average molecular weight is 339 g/mol. The Bertz CT molecular complexity index is 920. The van der Waals surface area contributed by atoms with E-state index in [9.17, 15) is 4.79 Å². The number of hydrazone groups is 1. The highest BCUT2D eigenvalue weighted by molar-refractivity contribution is 5.86. The molecular weight excluding hydrogens is 322 g/mol. The Kier molecular flexibility index (Phi) is 4.89. The maximum atomic E-state index is 12.1. The van der Waals surface area contributed by atoms with Gasteiger partial charge in [0.2, 0.25) is 0 Å². The number of carbonyl (C=O) groups excluding carboxylic acids is 1. The lowest BCUT2D eigenvalue weighted by molar-refractivity contribution is -0.121. The number of methoxy groups -OCH3 is 2. The van der Waals surface area contributed by atoms with Gasteiger partial charge in [-0.1, -0.05) is 23.4 Å². The average Bonchev–Trinajstić information content (AvgIpc) is 3.04. The minimum Gasteiger partial charge on any atom is -0.493 e. The molecule has 1 N–H and O–H groups in total. The SMILES string of the molecule is COc1cccc(/C=N\NC(=O)Cn2nnc3ccccc32)c1OC. The summed E-state index contributed by atoms with van der Waals surface area (Å²) < 4.78 is 12.0. The number of rotatable bonds is 6. The zero-order chi connectivity index (χ0) is 17.6. The fourth-order valence-corrected chi connectivity index (χ4v) is 2.39. The Morgan fingerprint density at radius 2 is 2.04 bits per heavy atom. The maximum absolute atomic E-state index is 12.1. The number of hydrogen-bond acceptors (Lipinski definition) is 6. The standard InChI is InChI=1S/C17H17N5O3/c1-24-15-9-5-6-12(17(15)25-2)10-18-20-16(23)11-22-14-8-4-3-7-13(14)19-21-22/h3-10H,11H2,1-2H3,(H,20,23)/b18-10-. The van der Waals surface area contributed by atoms with Crippen molar-refractivity contribution in [3.63, 3.8) is 0 Å². The van der Waals surface area contributed by atoms with Crippen LogP contribution in [0.3, 0.4) is 0 Å². The van der Waals surface area contributed by atoms with Crippen molar-refractivity contribution in [3.05, 3.63) is 48.0 Å². The van der Waals surface area contributed by atoms with Gasteiger partial charge in [0.05, 0.1) is 26.0 Å². The summed E-state index contributed by atoms with van der Waals surface area (Å²) in [6, 6.07) is 12.8. The molecule has 0 fully saturated rings. The highest BCUT2D eigenvalue weighted by Gasteiger charge is 2.09. The molecule has 2 aromatic carbocycles. The number of hydrogen-bond donors (Lipinski definition) is 1. The summed E-state index contributed by atoms with van der Waals surface area (Å²) in [7, 11) is 3.10. The van der Waals surface area contributed by atoms with E-state index in [1.165, 1.54) is 10.9 Å². The molecule has 0 radical (unpaired) electrons. The second-order valence-corrected chi connectivity index (χ2v) is 5.11. The number of ether oxygens (including phenoxy) is 2. The number of amides is 1. The number of carbonyl (C=O) groups is 1. The number of benzene rings is 2. The van der Waals surface area contributed by atoms with E-state index in [2.05, 4.69) is 20.8 Å². The van der Waals surface area contributed by atoms with Crippen molar-refractivity contribution in [1.29, 1.82) is 0 Å². The summed E-state index contributed by atoms with van der Waals surface area (Å²) in [4.78, 5) is 12.1. The molecule has 0 bridgehead atoms. The Hall–Kier alpha value is -3.42. The number of nitrogens with zero attached hydrogens (tertiary/aromatic N) is 4. The van der Waals surface area contributed by atoms with Gasteiger partial charge in [0.1, 0.15) is 12.1 Å². The summed E-state index contributed by atoms with van der Waals surface area (Å²) in [5, 5.41) is 11.9. The van der Waals surface area contributed by atoms with E-state index in [1.807, 2.05) is 36.4 Å². The molecule has 1 heterocycles. The molecule has 8 heteroatoms. The molecule has 8 nitrogen and oxygen atoms in total. The summed E-state index contributed by atoms with van der Waals surface area (Å²) in [5.41, 5.74) is 4.68. The van der Waals surface area contributed by atoms with Crippen molar-refractivity contribution >= 4 is 23.2 Å². The van der Waals surface area contributed by atoms with Gasteiger partial charge in [-0.05, 0) is 24.3 Å². The van der Waals surface area contributed by atoms with Gasteiger partial charge in [-0.3, -0.25) is 4.79 Å². The Morgan fingerprint density at radius 1 is 1.20 bits per heavy atom. The third kappa shape index (κ3) is 3.57. The molecule has 0 spiro atoms. The third-order valence-corrected chi connectivity index (χ3v) is 3.54. The van der Waals surface area contributed by atoms with E-state index in [1.54, 1.807) is 20.3 Å². The van der Waals surface area contributed by atoms with Crippen LogP contribution >= 0.6 is 0 Å². The van der Waals surface area contributed by atoms with Gasteiger partial charge in [0, 0.05) is 5.56 Å². The molecule has 0 aliphatic carbocycles. The van der Waals surface area contributed by atoms with Crippen LogP contribution in [0.1, 0.15) is 5.56 Å². The van der Waals surface area contributed by atoms with Crippen LogP contribution < -0.4 is 14.9 Å². The van der Waals surface area contributed by atoms with Crippen LogP contribution in [0.15, 0.2) is 47.6 Å². The van der Waals surface area contributed by atoms with Crippen LogP contribution in [0.5, 0.6) is 11.5 Å². The highest BCUT2D eigenvalue weighted by Crippen LogP contribution is 2.29. The van der Waals surface area contributed by atoms with E-state index >= 15 is 0 Å². The normalized spacial score (nSPS) is 11.0. The van der Waals surface area contributed by atoms with Gasteiger partial charge < -0.3 is 9.47 Å². The Balaban J connectivity index is 1.67. The van der Waals surface area contributed by atoms with Crippen LogP contribution in [-0.4, -0.2) is 41.3 Å². The summed E-state index contributed by atoms with van der Waals surface area (Å²) >= 11 is 0. The van der Waals surface area contributed by atoms with Crippen molar-refractivity contribution in [2.45, 2.75) is 6.54 Å². The van der Waals surface area contributed by atoms with Crippen LogP contribution in [0.2, 0.25) is 0 Å². The largest absolute Gasteiger partial charge is 0.493 e. The molecule has 1 aromatic heterocycles. The smallest absolute Gasteiger partial charge is 0.261 e. The van der Waals surface area contributed by atoms with E-state index in [0.717, 1.165) is 11.0 Å². The lowest BCUT2D eigenvalue weighted by Crippen LogP contribution is -2.23. The lowest BCUT2D eigenvalue weighted by Gasteiger charge is -2.09. The fourth-order valence-electron chi connectivity index (χ4n) is 2.39. The van der Waals surface area contributed by atoms with Gasteiger partial charge in [-0.2, -0.15) is 5.10 Å². The summed E-state index contributed by atoms with van der Waals surface area (Å²) in [6.07, 6.45) is 1.50. The first-order valence-corrected chi connectivity index (χ1v) is 7.54. The summed E-state index contributed by atoms with van der Waals surface area (Å²) in [5.74, 6) is 0.825. The highest BCUT2D eigenvalue weighted by atomic mass is 16.5. The zero-order valence-corrected chi connectivity index (χ0v) is 13.8. The predicted molar refractivity (Wildman–Crippen MR) is 92.8 cm³/mol. The van der Waals surface area contributed by atoms with Crippen molar-refractivity contribution in [3.8, 4) is 11.5 Å². The number of aromatic nitrogens is 3. The molecule has 3 rings (SSSR count). The quantitative estimate of drug-likeness (QED) is 0.544. The predicted octanol–water partition coefficient (Wildman–Crippen LogP) is 1.60. The molecule has 0 unspecified atom stereocenters. The second kappa shape index (κ2) is 7.43. The van der Waals surface area contributed by atoms with E-state index < -0.39 is 0 Å². The van der Waals surface area contributed by atoms with Crippen LogP contribution in [0.25, 0.3) is 11.0 Å². The lowest BCUT2D eigenvalue weighted by atomic mass is 10.2. The van der Waals surface area contributed by atoms with Gasteiger partial charge in [-0.25, -0.2) is 10.1 Å². The van der Waals surface area contributed by atoms with Gasteiger partial charge >= 0.3 is 0 Å². The molecule has 128 valence electrons. The first kappa shape index (κ1) is 16.4. The van der Waals surface area contributed by atoms with E-state index in [-0.39, 0.29) is 12.5 Å². The number of nitrogens with one attached hydrogen (secondary N) is 1. The molecule has 0 saturated heterocycles. The van der Waals surface area contributed by atoms with Gasteiger partial charge in [0.15, 0.2) is 11.5 Å². The topological polar surface area (TPSA) is 90.6 Å². The van der Waals surface area contributed by atoms with Crippen LogP contribution in [0, 0.1) is 0 Å². The molecule has 0 aliphatic heterocycles. The van der Waals surface area contributed by atoms with Gasteiger partial charge in [0.25, 0.3) is 5.91 Å². The van der Waals surface area contributed by atoms with Crippen LogP contribution in [0.4, 0.5) is 0 Å². The van der Waals surface area contributed by atoms with Crippen molar-refractivity contribution in [1.82, 2.24) is 20.4 Å². The Labute approximate surface area is 144 Å². The van der Waals surface area contributed by atoms with Crippen molar-refractivity contribution in [2.75, 3.05) is 14.2 Å². The molecule has 25 heavy (non-hydrogen) atoms. The van der Waals surface area contributed by atoms with Crippen LogP contribution in [-0.2, 0) is 11.3 Å². The fraction of sp³-hybridized carbons (Fsp3) is 0.176. The van der Waals surface area contributed by atoms with E-state index in [0.29, 0.717) is 17.1 Å². The number of fused-ring (bicyclic) bond motifs is 1. The Morgan fingerprint density at radius 3 is 2.84 bits per heavy atom. The van der Waals surface area contributed by atoms with Gasteiger partial charge in [-0.15, -0.1) is 5.10 Å². The second-order valence-electron chi connectivity index (χ2n) is 5.11. The maximum Gasteiger partial charge on any atom is 0.261 e. The molecule has 0 aliphatic rings. The molecule has 0 saturated carbocycles. The zero-order valence-electron chi connectivity index (χ0n) is 13.8. The first-order chi connectivity index (χ1) is 12.2. The summed E-state index contributed by atoms with van der Waals surface area (Å²) in [6.45, 7) is 0.0209. The van der Waals surface area contributed by atoms with Crippen molar-refractivity contribution in [2.24, 2.45) is 5.10 Å². The number of para-hydroxylation sites is 2. The minimum absolute atomic E-state index is 0.0209. The molecule has 3 aromatic rings. The molecule has 1 amide bonds. The van der Waals surface area contributed by atoms with E-state index in [4.69, 9.17) is 9.47 Å². The first-order valence-electron chi connectivity index (χ1n) is 7.54. The molecular formula is C17H17N5O3.